The lowest BCUT2D eigenvalue weighted by Gasteiger charge is -2.32. The summed E-state index contributed by atoms with van der Waals surface area (Å²) in [4.78, 5) is 30.8. The second-order valence-electron chi connectivity index (χ2n) is 5.83. The predicted octanol–water partition coefficient (Wildman–Crippen LogP) is 2.29. The predicted molar refractivity (Wildman–Crippen MR) is 82.6 cm³/mol. The van der Waals surface area contributed by atoms with E-state index >= 15 is 0 Å². The Kier molecular flexibility index (Phi) is 4.23. The molecule has 0 spiro atoms. The molecule has 23 heavy (non-hydrogen) atoms. The smallest absolute Gasteiger partial charge is 0.253 e. The normalized spacial score (nSPS) is 18.0. The average molecular weight is 315 g/mol. The van der Waals surface area contributed by atoms with Gasteiger partial charge in [0.15, 0.2) is 5.82 Å². The first-order valence-corrected chi connectivity index (χ1v) is 7.62. The van der Waals surface area contributed by atoms with Crippen LogP contribution in [0.15, 0.2) is 36.7 Å². The van der Waals surface area contributed by atoms with Gasteiger partial charge in [0.2, 0.25) is 5.78 Å². The highest BCUT2D eigenvalue weighted by Crippen LogP contribution is 2.22. The Bertz CT molecular complexity index is 741. The number of amides is 1. The van der Waals surface area contributed by atoms with E-state index in [9.17, 15) is 14.0 Å². The number of aromatic nitrogens is 2. The van der Waals surface area contributed by atoms with Crippen LogP contribution < -0.4 is 0 Å². The van der Waals surface area contributed by atoms with E-state index < -0.39 is 5.82 Å². The van der Waals surface area contributed by atoms with Gasteiger partial charge in [-0.1, -0.05) is 6.07 Å². The number of nitrogens with zero attached hydrogens (tertiary/aromatic N) is 3. The zero-order valence-corrected chi connectivity index (χ0v) is 12.9. The molecule has 0 radical (unpaired) electrons. The standard InChI is InChI=1S/C17H18FN3O2/c1-20-9-7-19-16(20)15(22)13-5-3-8-21(11-13)17(23)12-4-2-6-14(18)10-12/h2,4,6-7,9-10,13H,3,5,8,11H2,1H3. The molecule has 1 aromatic carbocycles. The molecule has 3 rings (SSSR count). The van der Waals surface area contributed by atoms with Crippen molar-refractivity contribution in [3.8, 4) is 0 Å². The number of carbonyl (C=O) groups excluding carboxylic acids is 2. The first kappa shape index (κ1) is 15.4. The third-order valence-electron chi connectivity index (χ3n) is 4.19. The average Bonchev–Trinajstić information content (AvgIpc) is 2.99. The zero-order valence-electron chi connectivity index (χ0n) is 12.9. The summed E-state index contributed by atoms with van der Waals surface area (Å²) in [6, 6.07) is 5.64. The number of benzene rings is 1. The van der Waals surface area contributed by atoms with Crippen molar-refractivity contribution in [2.45, 2.75) is 12.8 Å². The first-order chi connectivity index (χ1) is 11.1. The zero-order chi connectivity index (χ0) is 16.4. The van der Waals surface area contributed by atoms with Crippen LogP contribution in [0.2, 0.25) is 0 Å². The molecule has 1 aliphatic rings. The van der Waals surface area contributed by atoms with E-state index in [0.717, 1.165) is 12.8 Å². The van der Waals surface area contributed by atoms with Crippen LogP contribution in [0.4, 0.5) is 4.39 Å². The van der Waals surface area contributed by atoms with Crippen molar-refractivity contribution in [3.63, 3.8) is 0 Å². The minimum absolute atomic E-state index is 0.0470. The Hall–Kier alpha value is -2.50. The molecule has 5 nitrogen and oxygen atoms in total. The van der Waals surface area contributed by atoms with Crippen LogP contribution in [-0.4, -0.2) is 39.2 Å². The summed E-state index contributed by atoms with van der Waals surface area (Å²) in [6.45, 7) is 0.931. The third kappa shape index (κ3) is 3.16. The molecule has 1 amide bonds. The van der Waals surface area contributed by atoms with Gasteiger partial charge in [0.1, 0.15) is 5.82 Å². The number of hydrogen-bond acceptors (Lipinski definition) is 3. The van der Waals surface area contributed by atoms with Crippen molar-refractivity contribution < 1.29 is 14.0 Å². The molecule has 1 atom stereocenters. The lowest BCUT2D eigenvalue weighted by Crippen LogP contribution is -2.42. The summed E-state index contributed by atoms with van der Waals surface area (Å²) in [7, 11) is 1.78. The molecule has 0 saturated carbocycles. The maximum absolute atomic E-state index is 13.3. The quantitative estimate of drug-likeness (QED) is 0.817. The van der Waals surface area contributed by atoms with Gasteiger partial charge in [0.25, 0.3) is 5.91 Å². The van der Waals surface area contributed by atoms with Crippen LogP contribution >= 0.6 is 0 Å². The van der Waals surface area contributed by atoms with Crippen LogP contribution in [0, 0.1) is 11.7 Å². The fourth-order valence-corrected chi connectivity index (χ4v) is 2.97. The largest absolute Gasteiger partial charge is 0.338 e. The Morgan fingerprint density at radius 2 is 2.17 bits per heavy atom. The minimum atomic E-state index is -0.437. The Labute approximate surface area is 133 Å². The molecule has 2 aromatic rings. The van der Waals surface area contributed by atoms with Gasteiger partial charge in [0.05, 0.1) is 0 Å². The van der Waals surface area contributed by atoms with E-state index in [1.165, 1.54) is 18.2 Å². The van der Waals surface area contributed by atoms with E-state index in [2.05, 4.69) is 4.98 Å². The molecule has 0 N–H and O–H groups in total. The van der Waals surface area contributed by atoms with Crippen LogP contribution in [0.3, 0.4) is 0 Å². The summed E-state index contributed by atoms with van der Waals surface area (Å²) in [6.07, 6.45) is 4.80. The fraction of sp³-hybridized carbons (Fsp3) is 0.353. The summed E-state index contributed by atoms with van der Waals surface area (Å²) >= 11 is 0. The summed E-state index contributed by atoms with van der Waals surface area (Å²) in [5.74, 6) is -0.568. The van der Waals surface area contributed by atoms with Crippen molar-refractivity contribution in [1.29, 1.82) is 0 Å². The van der Waals surface area contributed by atoms with Crippen molar-refractivity contribution in [2.75, 3.05) is 13.1 Å². The number of likely N-dealkylation sites (tertiary alicyclic amines) is 1. The van der Waals surface area contributed by atoms with Crippen molar-refractivity contribution in [2.24, 2.45) is 13.0 Å². The van der Waals surface area contributed by atoms with Gasteiger partial charge >= 0.3 is 0 Å². The number of halogens is 1. The Morgan fingerprint density at radius 1 is 1.35 bits per heavy atom. The molecule has 1 unspecified atom stereocenters. The maximum Gasteiger partial charge on any atom is 0.253 e. The molecule has 1 saturated heterocycles. The summed E-state index contributed by atoms with van der Waals surface area (Å²) in [5.41, 5.74) is 0.315. The van der Waals surface area contributed by atoms with E-state index in [1.807, 2.05) is 0 Å². The lowest BCUT2D eigenvalue weighted by molar-refractivity contribution is 0.0632. The third-order valence-corrected chi connectivity index (χ3v) is 4.19. The molecular formula is C17H18FN3O2. The van der Waals surface area contributed by atoms with Crippen LogP contribution in [0.25, 0.3) is 0 Å². The van der Waals surface area contributed by atoms with Crippen LogP contribution in [0.5, 0.6) is 0 Å². The second-order valence-corrected chi connectivity index (χ2v) is 5.83. The van der Waals surface area contributed by atoms with E-state index in [0.29, 0.717) is 24.5 Å². The number of rotatable bonds is 3. The highest BCUT2D eigenvalue weighted by Gasteiger charge is 2.31. The van der Waals surface area contributed by atoms with Gasteiger partial charge in [0, 0.05) is 44.0 Å². The van der Waals surface area contributed by atoms with Gasteiger partial charge in [-0.05, 0) is 31.0 Å². The molecule has 0 aliphatic carbocycles. The molecule has 1 aromatic heterocycles. The van der Waals surface area contributed by atoms with Crippen molar-refractivity contribution in [1.82, 2.24) is 14.5 Å². The van der Waals surface area contributed by atoms with Gasteiger partial charge in [-0.2, -0.15) is 0 Å². The van der Waals surface area contributed by atoms with E-state index in [4.69, 9.17) is 0 Å². The van der Waals surface area contributed by atoms with Gasteiger partial charge in [-0.25, -0.2) is 9.37 Å². The minimum Gasteiger partial charge on any atom is -0.338 e. The second kappa shape index (κ2) is 6.32. The van der Waals surface area contributed by atoms with Gasteiger partial charge < -0.3 is 9.47 Å². The molecule has 2 heterocycles. The number of carbonyl (C=O) groups is 2. The molecular weight excluding hydrogens is 297 g/mol. The van der Waals surface area contributed by atoms with E-state index in [-0.39, 0.29) is 17.6 Å². The van der Waals surface area contributed by atoms with Gasteiger partial charge in [-0.15, -0.1) is 0 Å². The monoisotopic (exact) mass is 315 g/mol. The lowest BCUT2D eigenvalue weighted by atomic mass is 9.93. The van der Waals surface area contributed by atoms with Crippen molar-refractivity contribution >= 4 is 11.7 Å². The number of Topliss-reactive ketones (excluding diaryl/α,β-unsaturated/α-hetero) is 1. The number of ketones is 1. The Balaban J connectivity index is 1.74. The highest BCUT2D eigenvalue weighted by atomic mass is 19.1. The Morgan fingerprint density at radius 3 is 2.87 bits per heavy atom. The highest BCUT2D eigenvalue weighted by molar-refractivity contribution is 5.97. The molecule has 1 aliphatic heterocycles. The molecule has 1 fully saturated rings. The van der Waals surface area contributed by atoms with Crippen LogP contribution in [0.1, 0.15) is 33.8 Å². The SMILES string of the molecule is Cn1ccnc1C(=O)C1CCCN(C(=O)c2cccc(F)c2)C1. The van der Waals surface area contributed by atoms with Crippen molar-refractivity contribution in [3.05, 3.63) is 53.9 Å². The topological polar surface area (TPSA) is 55.2 Å². The molecule has 6 heteroatoms. The summed E-state index contributed by atoms with van der Waals surface area (Å²) in [5, 5.41) is 0. The first-order valence-electron chi connectivity index (χ1n) is 7.62. The fourth-order valence-electron chi connectivity index (χ4n) is 2.97. The van der Waals surface area contributed by atoms with Gasteiger partial charge in [-0.3, -0.25) is 9.59 Å². The summed E-state index contributed by atoms with van der Waals surface area (Å²) < 4.78 is 15.0. The molecule has 0 bridgehead atoms. The van der Waals surface area contributed by atoms with E-state index in [1.54, 1.807) is 35.0 Å². The number of hydrogen-bond donors (Lipinski definition) is 0. The number of aryl methyl sites for hydroxylation is 1. The number of imidazole rings is 1. The maximum atomic E-state index is 13.3. The number of piperidine rings is 1. The molecule has 120 valence electrons. The van der Waals surface area contributed by atoms with Crippen LogP contribution in [-0.2, 0) is 7.05 Å².